The number of nitrogens with zero attached hydrogens (tertiary/aromatic N) is 2. The molecule has 0 unspecified atom stereocenters. The van der Waals surface area contributed by atoms with Crippen molar-refractivity contribution in [1.29, 1.82) is 0 Å². The molecule has 2 aromatic carbocycles. The minimum Gasteiger partial charge on any atom is -0.497 e. The Morgan fingerprint density at radius 3 is 2.30 bits per heavy atom. The summed E-state index contributed by atoms with van der Waals surface area (Å²) in [6.07, 6.45) is -1.01. The first-order chi connectivity index (χ1) is 12.9. The predicted octanol–water partition coefficient (Wildman–Crippen LogP) is 2.37. The predicted molar refractivity (Wildman–Crippen MR) is 99.2 cm³/mol. The van der Waals surface area contributed by atoms with Gasteiger partial charge in [-0.25, -0.2) is 9.48 Å². The summed E-state index contributed by atoms with van der Waals surface area (Å²) in [5.74, 6) is -0.492. The zero-order valence-corrected chi connectivity index (χ0v) is 15.1. The summed E-state index contributed by atoms with van der Waals surface area (Å²) in [6.45, 7) is 1.49. The monoisotopic (exact) mass is 366 g/mol. The minimum atomic E-state index is -1.01. The molecule has 7 nitrogen and oxygen atoms in total. The molecule has 1 heterocycles. The maximum atomic E-state index is 12.6. The van der Waals surface area contributed by atoms with Crippen molar-refractivity contribution in [1.82, 2.24) is 9.78 Å². The van der Waals surface area contributed by atoms with Crippen molar-refractivity contribution >= 4 is 22.5 Å². The minimum absolute atomic E-state index is 0.0120. The van der Waals surface area contributed by atoms with Crippen LogP contribution in [0, 0.1) is 0 Å². The van der Waals surface area contributed by atoms with Gasteiger partial charge in [-0.05, 0) is 37.3 Å². The summed E-state index contributed by atoms with van der Waals surface area (Å²) in [4.78, 5) is 37.3. The normalized spacial score (nSPS) is 11.8. The topological polar surface area (TPSA) is 87.5 Å². The second-order valence-electron chi connectivity index (χ2n) is 5.96. The highest BCUT2D eigenvalue weighted by Gasteiger charge is 2.23. The van der Waals surface area contributed by atoms with Crippen LogP contribution in [0.3, 0.4) is 0 Å². The molecule has 3 aromatic rings. The van der Waals surface area contributed by atoms with Crippen LogP contribution < -0.4 is 10.3 Å². The molecule has 0 spiro atoms. The van der Waals surface area contributed by atoms with Crippen molar-refractivity contribution in [3.8, 4) is 5.75 Å². The van der Waals surface area contributed by atoms with E-state index >= 15 is 0 Å². The molecular formula is C20H18N2O5. The molecule has 0 saturated heterocycles. The molecule has 7 heteroatoms. The molecule has 0 fully saturated rings. The summed E-state index contributed by atoms with van der Waals surface area (Å²) < 4.78 is 11.5. The Bertz CT molecular complexity index is 1070. The lowest BCUT2D eigenvalue weighted by Gasteiger charge is -2.13. The SMILES string of the molecule is COc1ccc(C(=O)[C@@H](C)OC(=O)c2nn(C)c(=O)c3ccccc23)cc1. The molecule has 0 radical (unpaired) electrons. The van der Waals surface area contributed by atoms with Gasteiger partial charge in [-0.3, -0.25) is 9.59 Å². The summed E-state index contributed by atoms with van der Waals surface area (Å²) >= 11 is 0. The molecular weight excluding hydrogens is 348 g/mol. The van der Waals surface area contributed by atoms with Gasteiger partial charge in [-0.2, -0.15) is 5.10 Å². The number of Topliss-reactive ketones (excluding diaryl/α,β-unsaturated/α-hetero) is 1. The summed E-state index contributed by atoms with van der Waals surface area (Å²) in [5.41, 5.74) is 0.0703. The molecule has 0 aliphatic rings. The van der Waals surface area contributed by atoms with Crippen LogP contribution in [0.5, 0.6) is 5.75 Å². The number of hydrogen-bond donors (Lipinski definition) is 0. The van der Waals surface area contributed by atoms with Crippen molar-refractivity contribution in [2.24, 2.45) is 7.05 Å². The molecule has 0 amide bonds. The fraction of sp³-hybridized carbons (Fsp3) is 0.200. The molecule has 0 bridgehead atoms. The largest absolute Gasteiger partial charge is 0.497 e. The Morgan fingerprint density at radius 1 is 1.04 bits per heavy atom. The molecule has 3 rings (SSSR count). The highest BCUT2D eigenvalue weighted by Crippen LogP contribution is 2.17. The third kappa shape index (κ3) is 3.57. The standard InChI is InChI=1S/C20H18N2O5/c1-12(18(23)13-8-10-14(26-3)11-9-13)27-20(25)17-15-6-4-5-7-16(15)19(24)22(2)21-17/h4-12H,1-3H3/t12-/m1/s1. The van der Waals surface area contributed by atoms with E-state index in [-0.39, 0.29) is 17.0 Å². The number of aromatic nitrogens is 2. The quantitative estimate of drug-likeness (QED) is 0.509. The van der Waals surface area contributed by atoms with Gasteiger partial charge in [-0.15, -0.1) is 0 Å². The zero-order valence-electron chi connectivity index (χ0n) is 15.1. The van der Waals surface area contributed by atoms with E-state index in [0.29, 0.717) is 22.1 Å². The van der Waals surface area contributed by atoms with E-state index in [1.165, 1.54) is 21.1 Å². The van der Waals surface area contributed by atoms with Crippen LogP contribution >= 0.6 is 0 Å². The van der Waals surface area contributed by atoms with E-state index in [1.54, 1.807) is 48.5 Å². The van der Waals surface area contributed by atoms with Gasteiger partial charge < -0.3 is 9.47 Å². The smallest absolute Gasteiger partial charge is 0.360 e. The number of methoxy groups -OCH3 is 1. The van der Waals surface area contributed by atoms with Gasteiger partial charge in [-0.1, -0.05) is 18.2 Å². The molecule has 0 aliphatic carbocycles. The number of fused-ring (bicyclic) bond motifs is 1. The van der Waals surface area contributed by atoms with E-state index < -0.39 is 12.1 Å². The first kappa shape index (κ1) is 18.3. The highest BCUT2D eigenvalue weighted by molar-refractivity contribution is 6.05. The lowest BCUT2D eigenvalue weighted by atomic mass is 10.1. The molecule has 0 saturated carbocycles. The van der Waals surface area contributed by atoms with Gasteiger partial charge in [0, 0.05) is 18.0 Å². The van der Waals surface area contributed by atoms with Crippen molar-refractivity contribution in [2.75, 3.05) is 7.11 Å². The fourth-order valence-corrected chi connectivity index (χ4v) is 2.71. The lowest BCUT2D eigenvalue weighted by Crippen LogP contribution is -2.28. The number of ether oxygens (including phenoxy) is 2. The van der Waals surface area contributed by atoms with Gasteiger partial charge in [0.2, 0.25) is 5.78 Å². The van der Waals surface area contributed by atoms with Crippen molar-refractivity contribution in [2.45, 2.75) is 13.0 Å². The van der Waals surface area contributed by atoms with E-state index in [9.17, 15) is 14.4 Å². The van der Waals surface area contributed by atoms with Gasteiger partial charge in [0.05, 0.1) is 12.5 Å². The van der Waals surface area contributed by atoms with Crippen LogP contribution in [0.4, 0.5) is 0 Å². The average molecular weight is 366 g/mol. The van der Waals surface area contributed by atoms with E-state index in [2.05, 4.69) is 5.10 Å². The van der Waals surface area contributed by atoms with Crippen LogP contribution in [-0.2, 0) is 11.8 Å². The Balaban J connectivity index is 1.86. The zero-order chi connectivity index (χ0) is 19.6. The highest BCUT2D eigenvalue weighted by atomic mass is 16.5. The lowest BCUT2D eigenvalue weighted by molar-refractivity contribution is 0.0313. The van der Waals surface area contributed by atoms with Crippen molar-refractivity contribution < 1.29 is 19.1 Å². The summed E-state index contributed by atoms with van der Waals surface area (Å²) in [6, 6.07) is 13.2. The van der Waals surface area contributed by atoms with Crippen LogP contribution in [0.25, 0.3) is 10.8 Å². The third-order valence-corrected chi connectivity index (χ3v) is 4.18. The first-order valence-corrected chi connectivity index (χ1v) is 8.27. The molecule has 138 valence electrons. The summed E-state index contributed by atoms with van der Waals surface area (Å²) in [7, 11) is 2.99. The fourth-order valence-electron chi connectivity index (χ4n) is 2.71. The Hall–Kier alpha value is -3.48. The summed E-state index contributed by atoms with van der Waals surface area (Å²) in [5, 5.41) is 4.75. The van der Waals surface area contributed by atoms with E-state index in [0.717, 1.165) is 4.68 Å². The number of ketones is 1. The number of rotatable bonds is 5. The van der Waals surface area contributed by atoms with E-state index in [4.69, 9.17) is 9.47 Å². The number of hydrogen-bond acceptors (Lipinski definition) is 6. The van der Waals surface area contributed by atoms with Crippen LogP contribution in [0.15, 0.2) is 53.3 Å². The van der Waals surface area contributed by atoms with Crippen LogP contribution in [0.1, 0.15) is 27.8 Å². The number of benzene rings is 2. The van der Waals surface area contributed by atoms with Gasteiger partial charge >= 0.3 is 5.97 Å². The second kappa shape index (κ2) is 7.41. The molecule has 27 heavy (non-hydrogen) atoms. The Kier molecular flexibility index (Phi) is 5.03. The Morgan fingerprint density at radius 2 is 1.67 bits per heavy atom. The molecule has 0 aliphatic heterocycles. The molecule has 0 N–H and O–H groups in total. The van der Waals surface area contributed by atoms with Gasteiger partial charge in [0.15, 0.2) is 11.8 Å². The van der Waals surface area contributed by atoms with E-state index in [1.807, 2.05) is 0 Å². The maximum Gasteiger partial charge on any atom is 0.360 e. The van der Waals surface area contributed by atoms with Gasteiger partial charge in [0.1, 0.15) is 5.75 Å². The van der Waals surface area contributed by atoms with Gasteiger partial charge in [0.25, 0.3) is 5.56 Å². The average Bonchev–Trinajstić information content (AvgIpc) is 2.70. The number of carbonyl (C=O) groups excluding carboxylic acids is 2. The first-order valence-electron chi connectivity index (χ1n) is 8.27. The van der Waals surface area contributed by atoms with Crippen LogP contribution in [0.2, 0.25) is 0 Å². The molecule has 1 atom stereocenters. The van der Waals surface area contributed by atoms with Crippen LogP contribution in [-0.4, -0.2) is 34.7 Å². The van der Waals surface area contributed by atoms with Crippen molar-refractivity contribution in [3.05, 3.63) is 70.1 Å². The second-order valence-corrected chi connectivity index (χ2v) is 5.96. The van der Waals surface area contributed by atoms with Crippen molar-refractivity contribution in [3.63, 3.8) is 0 Å². The molecule has 1 aromatic heterocycles. The number of carbonyl (C=O) groups is 2. The third-order valence-electron chi connectivity index (χ3n) is 4.18. The number of esters is 1. The maximum absolute atomic E-state index is 12.6. The Labute approximate surface area is 155 Å². The number of aryl methyl sites for hydroxylation is 1.